The molecule has 4 nitrogen and oxygen atoms in total. The summed E-state index contributed by atoms with van der Waals surface area (Å²) in [5, 5.41) is 3.40. The number of hydrogen-bond donors (Lipinski definition) is 1. The third-order valence-corrected chi connectivity index (χ3v) is 3.16. The van der Waals surface area contributed by atoms with E-state index in [0.717, 1.165) is 31.9 Å². The summed E-state index contributed by atoms with van der Waals surface area (Å²) < 4.78 is 5.23. The van der Waals surface area contributed by atoms with Gasteiger partial charge in [0.15, 0.2) is 0 Å². The predicted octanol–water partition coefficient (Wildman–Crippen LogP) is 0.825. The molecule has 76 valence electrons. The average Bonchev–Trinajstić information content (AvgIpc) is 2.65. The number of piperazine rings is 1. The minimum atomic E-state index is 0.596. The Kier molecular flexibility index (Phi) is 1.70. The lowest BCUT2D eigenvalue weighted by Gasteiger charge is -2.43. The van der Waals surface area contributed by atoms with Gasteiger partial charge in [-0.3, -0.25) is 0 Å². The molecule has 1 atom stereocenters. The van der Waals surface area contributed by atoms with Crippen LogP contribution in [0.25, 0.3) is 0 Å². The molecule has 2 aliphatic heterocycles. The molecule has 2 aliphatic rings. The molecule has 0 aliphatic carbocycles. The van der Waals surface area contributed by atoms with Crippen molar-refractivity contribution in [3.8, 4) is 0 Å². The highest BCUT2D eigenvalue weighted by atomic mass is 16.3. The Labute approximate surface area is 83.5 Å². The van der Waals surface area contributed by atoms with Crippen molar-refractivity contribution >= 4 is 11.4 Å². The van der Waals surface area contributed by atoms with Gasteiger partial charge in [0.25, 0.3) is 0 Å². The lowest BCUT2D eigenvalue weighted by molar-refractivity contribution is 0.270. The summed E-state index contributed by atoms with van der Waals surface area (Å²) in [4.78, 5) is 4.84. The first kappa shape index (κ1) is 8.17. The minimum Gasteiger partial charge on any atom is -0.468 e. The molecular formula is C10H15N3O. The van der Waals surface area contributed by atoms with Gasteiger partial charge in [-0.25, -0.2) is 0 Å². The fraction of sp³-hybridized carbons (Fsp3) is 0.600. The number of nitrogens with one attached hydrogen (secondary N) is 1. The highest BCUT2D eigenvalue weighted by Gasteiger charge is 2.31. The zero-order valence-electron chi connectivity index (χ0n) is 8.36. The van der Waals surface area contributed by atoms with E-state index in [4.69, 9.17) is 4.42 Å². The van der Waals surface area contributed by atoms with Crippen molar-refractivity contribution in [2.24, 2.45) is 0 Å². The quantitative estimate of drug-likeness (QED) is 0.661. The van der Waals surface area contributed by atoms with Gasteiger partial charge in [0, 0.05) is 26.2 Å². The summed E-state index contributed by atoms with van der Waals surface area (Å²) in [6, 6.07) is 0.596. The number of hydrogen-bond acceptors (Lipinski definition) is 4. The normalized spacial score (nSPS) is 26.6. The first-order chi connectivity index (χ1) is 6.84. The van der Waals surface area contributed by atoms with Gasteiger partial charge in [-0.2, -0.15) is 0 Å². The van der Waals surface area contributed by atoms with Gasteiger partial charge in [-0.1, -0.05) is 0 Å². The highest BCUT2D eigenvalue weighted by molar-refractivity contribution is 5.71. The van der Waals surface area contributed by atoms with Crippen LogP contribution in [0.2, 0.25) is 0 Å². The van der Waals surface area contributed by atoms with Gasteiger partial charge >= 0.3 is 0 Å². The van der Waals surface area contributed by atoms with Crippen molar-refractivity contribution in [1.29, 1.82) is 0 Å². The third-order valence-electron chi connectivity index (χ3n) is 3.16. The van der Waals surface area contributed by atoms with Crippen LogP contribution in [0.15, 0.2) is 16.9 Å². The van der Waals surface area contributed by atoms with Crippen molar-refractivity contribution < 1.29 is 4.42 Å². The standard InChI is InChI=1S/C10H15N3O/c1-12-2-3-13-8(5-12)4-11-9-6-14-7-10(9)13/h6-8,11H,2-5H2,1H3. The molecule has 0 amide bonds. The van der Waals surface area contributed by atoms with E-state index >= 15 is 0 Å². The first-order valence-electron chi connectivity index (χ1n) is 5.10. The molecule has 3 rings (SSSR count). The summed E-state index contributed by atoms with van der Waals surface area (Å²) in [7, 11) is 2.18. The van der Waals surface area contributed by atoms with Gasteiger partial charge in [-0.15, -0.1) is 0 Å². The van der Waals surface area contributed by atoms with E-state index in [2.05, 4.69) is 22.2 Å². The van der Waals surface area contributed by atoms with E-state index in [0.29, 0.717) is 6.04 Å². The minimum absolute atomic E-state index is 0.596. The maximum Gasteiger partial charge on any atom is 0.116 e. The molecule has 4 heteroatoms. The zero-order chi connectivity index (χ0) is 9.54. The molecule has 0 spiro atoms. The second-order valence-electron chi connectivity index (χ2n) is 4.16. The molecule has 1 saturated heterocycles. The van der Waals surface area contributed by atoms with E-state index in [1.807, 2.05) is 6.26 Å². The Morgan fingerprint density at radius 3 is 3.29 bits per heavy atom. The average molecular weight is 193 g/mol. The summed E-state index contributed by atoms with van der Waals surface area (Å²) in [5.41, 5.74) is 2.38. The Hall–Kier alpha value is -1.16. The predicted molar refractivity (Wildman–Crippen MR) is 55.8 cm³/mol. The van der Waals surface area contributed by atoms with E-state index < -0.39 is 0 Å². The largest absolute Gasteiger partial charge is 0.468 e. The van der Waals surface area contributed by atoms with E-state index in [1.165, 1.54) is 5.69 Å². The number of nitrogens with zero attached hydrogens (tertiary/aromatic N) is 2. The SMILES string of the molecule is CN1CCN2c3cocc3NCC2C1. The van der Waals surface area contributed by atoms with Gasteiger partial charge < -0.3 is 19.5 Å². The smallest absolute Gasteiger partial charge is 0.116 e. The summed E-state index contributed by atoms with van der Waals surface area (Å²) >= 11 is 0. The molecule has 14 heavy (non-hydrogen) atoms. The van der Waals surface area contributed by atoms with Crippen LogP contribution in [0.4, 0.5) is 11.4 Å². The first-order valence-corrected chi connectivity index (χ1v) is 5.10. The number of furan rings is 1. The van der Waals surface area contributed by atoms with Crippen molar-refractivity contribution in [3.63, 3.8) is 0 Å². The second kappa shape index (κ2) is 2.92. The molecule has 3 heterocycles. The van der Waals surface area contributed by atoms with E-state index in [1.54, 1.807) is 6.26 Å². The third kappa shape index (κ3) is 1.10. The van der Waals surface area contributed by atoms with Crippen molar-refractivity contribution in [2.45, 2.75) is 6.04 Å². The van der Waals surface area contributed by atoms with Crippen LogP contribution in [0, 0.1) is 0 Å². The maximum absolute atomic E-state index is 5.23. The number of fused-ring (bicyclic) bond motifs is 3. The molecule has 0 saturated carbocycles. The molecular weight excluding hydrogens is 178 g/mol. The molecule has 0 aromatic carbocycles. The summed E-state index contributed by atoms with van der Waals surface area (Å²) in [5.74, 6) is 0. The van der Waals surface area contributed by atoms with Crippen molar-refractivity contribution in [3.05, 3.63) is 12.5 Å². The van der Waals surface area contributed by atoms with Crippen LogP contribution >= 0.6 is 0 Å². The Balaban J connectivity index is 1.91. The van der Waals surface area contributed by atoms with Crippen LogP contribution in [0.1, 0.15) is 0 Å². The van der Waals surface area contributed by atoms with Crippen LogP contribution < -0.4 is 10.2 Å². The monoisotopic (exact) mass is 193 g/mol. The van der Waals surface area contributed by atoms with Gasteiger partial charge in [-0.05, 0) is 7.05 Å². The van der Waals surface area contributed by atoms with E-state index in [9.17, 15) is 0 Å². The van der Waals surface area contributed by atoms with Crippen LogP contribution in [-0.4, -0.2) is 44.2 Å². The summed E-state index contributed by atoms with van der Waals surface area (Å²) in [6.45, 7) is 4.41. The fourth-order valence-corrected chi connectivity index (χ4v) is 2.38. The number of likely N-dealkylation sites (N-methyl/N-ethyl adjacent to an activating group) is 1. The Morgan fingerprint density at radius 2 is 2.36 bits per heavy atom. The molecule has 1 unspecified atom stereocenters. The molecule has 1 aromatic rings. The highest BCUT2D eigenvalue weighted by Crippen LogP contribution is 2.33. The van der Waals surface area contributed by atoms with Gasteiger partial charge in [0.05, 0.1) is 17.4 Å². The van der Waals surface area contributed by atoms with Gasteiger partial charge in [0.1, 0.15) is 12.5 Å². The Morgan fingerprint density at radius 1 is 1.43 bits per heavy atom. The van der Waals surface area contributed by atoms with Crippen molar-refractivity contribution in [2.75, 3.05) is 43.4 Å². The Bertz CT molecular complexity index is 336. The lowest BCUT2D eigenvalue weighted by atomic mass is 10.1. The molecule has 0 radical (unpaired) electrons. The topological polar surface area (TPSA) is 31.6 Å². The molecule has 1 N–H and O–H groups in total. The maximum atomic E-state index is 5.23. The second-order valence-corrected chi connectivity index (χ2v) is 4.16. The molecule has 0 bridgehead atoms. The van der Waals surface area contributed by atoms with Crippen LogP contribution in [0.3, 0.4) is 0 Å². The van der Waals surface area contributed by atoms with Crippen molar-refractivity contribution in [1.82, 2.24) is 4.90 Å². The van der Waals surface area contributed by atoms with E-state index in [-0.39, 0.29) is 0 Å². The lowest BCUT2D eigenvalue weighted by Crippen LogP contribution is -2.56. The van der Waals surface area contributed by atoms with Gasteiger partial charge in [0.2, 0.25) is 0 Å². The van der Waals surface area contributed by atoms with Crippen LogP contribution in [0.5, 0.6) is 0 Å². The number of anilines is 2. The molecule has 1 aromatic heterocycles. The zero-order valence-corrected chi connectivity index (χ0v) is 8.36. The number of rotatable bonds is 0. The van der Waals surface area contributed by atoms with Crippen LogP contribution in [-0.2, 0) is 0 Å². The summed E-state index contributed by atoms with van der Waals surface area (Å²) in [6.07, 6.45) is 3.64. The fourth-order valence-electron chi connectivity index (χ4n) is 2.38. The molecule has 1 fully saturated rings.